The van der Waals surface area contributed by atoms with Crippen molar-refractivity contribution in [2.45, 2.75) is 19.6 Å². The predicted molar refractivity (Wildman–Crippen MR) is 85.8 cm³/mol. The molecular formula is C14H20NO5PS. The molecule has 1 aromatic carbocycles. The van der Waals surface area contributed by atoms with Crippen LogP contribution in [0.15, 0.2) is 30.5 Å². The summed E-state index contributed by atoms with van der Waals surface area (Å²) in [5.41, 5.74) is 1.41. The van der Waals surface area contributed by atoms with Gasteiger partial charge in [-0.05, 0) is 31.1 Å². The van der Waals surface area contributed by atoms with Crippen molar-refractivity contribution in [2.24, 2.45) is 0 Å². The third kappa shape index (κ3) is 3.27. The van der Waals surface area contributed by atoms with Crippen LogP contribution < -0.4 is 0 Å². The number of rotatable bonds is 6. The molecule has 0 amide bonds. The van der Waals surface area contributed by atoms with Gasteiger partial charge in [0.2, 0.25) is 10.0 Å². The summed E-state index contributed by atoms with van der Waals surface area (Å²) in [5, 5.41) is 0. The molecule has 1 unspecified atom stereocenters. The van der Waals surface area contributed by atoms with Crippen LogP contribution in [0.3, 0.4) is 0 Å². The third-order valence-electron chi connectivity index (χ3n) is 3.22. The van der Waals surface area contributed by atoms with Gasteiger partial charge in [0.1, 0.15) is 0 Å². The van der Waals surface area contributed by atoms with Crippen molar-refractivity contribution in [1.29, 1.82) is 0 Å². The molecule has 122 valence electrons. The lowest BCUT2D eigenvalue weighted by Crippen LogP contribution is -2.32. The van der Waals surface area contributed by atoms with Gasteiger partial charge in [-0.2, -0.15) is 0 Å². The molecule has 6 nitrogen and oxygen atoms in total. The minimum Gasteiger partial charge on any atom is -0.307 e. The Kier molecular flexibility index (Phi) is 5.12. The van der Waals surface area contributed by atoms with E-state index >= 15 is 0 Å². The van der Waals surface area contributed by atoms with Gasteiger partial charge in [-0.15, -0.1) is 0 Å². The molecular weight excluding hydrogens is 325 g/mol. The van der Waals surface area contributed by atoms with Gasteiger partial charge in [0.25, 0.3) is 0 Å². The molecule has 0 bridgehead atoms. The van der Waals surface area contributed by atoms with Crippen molar-refractivity contribution >= 4 is 23.7 Å². The van der Waals surface area contributed by atoms with Gasteiger partial charge < -0.3 is 9.05 Å². The first-order chi connectivity index (χ1) is 10.3. The highest BCUT2D eigenvalue weighted by atomic mass is 32.2. The van der Waals surface area contributed by atoms with E-state index in [1.807, 2.05) is 12.1 Å². The van der Waals surface area contributed by atoms with Crippen molar-refractivity contribution in [3.05, 3.63) is 41.6 Å². The van der Waals surface area contributed by atoms with Crippen molar-refractivity contribution < 1.29 is 22.0 Å². The molecule has 1 aromatic rings. The lowest BCUT2D eigenvalue weighted by molar-refractivity contribution is 0.200. The standard InChI is InChI=1S/C14H20NO5PS/c1-4-19-21(16,20-5-2)14-13-9-7-6-8-12(13)10-11-15(14)22(3,17)18/h6-11,14H,4-5H2,1-3H3. The Morgan fingerprint density at radius 3 is 2.32 bits per heavy atom. The minimum absolute atomic E-state index is 0.164. The highest BCUT2D eigenvalue weighted by Gasteiger charge is 2.45. The Bertz CT molecular complexity index is 706. The van der Waals surface area contributed by atoms with Crippen LogP contribution in [0.2, 0.25) is 0 Å². The molecule has 0 N–H and O–H groups in total. The number of hydrogen-bond acceptors (Lipinski definition) is 5. The molecule has 0 aromatic heterocycles. The molecule has 22 heavy (non-hydrogen) atoms. The Labute approximate surface area is 131 Å². The van der Waals surface area contributed by atoms with Crippen LogP contribution in [0.1, 0.15) is 30.8 Å². The number of fused-ring (bicyclic) bond motifs is 1. The lowest BCUT2D eigenvalue weighted by Gasteiger charge is -2.36. The topological polar surface area (TPSA) is 72.9 Å². The summed E-state index contributed by atoms with van der Waals surface area (Å²) in [7, 11) is -7.31. The predicted octanol–water partition coefficient (Wildman–Crippen LogP) is 3.20. The summed E-state index contributed by atoms with van der Waals surface area (Å²) in [6.07, 6.45) is 4.16. The van der Waals surface area contributed by atoms with Crippen molar-refractivity contribution in [3.63, 3.8) is 0 Å². The highest BCUT2D eigenvalue weighted by molar-refractivity contribution is 7.88. The van der Waals surface area contributed by atoms with E-state index in [2.05, 4.69) is 0 Å². The van der Waals surface area contributed by atoms with E-state index in [1.165, 1.54) is 6.20 Å². The van der Waals surface area contributed by atoms with Crippen molar-refractivity contribution in [2.75, 3.05) is 19.5 Å². The number of hydrogen-bond donors (Lipinski definition) is 0. The zero-order chi connectivity index (χ0) is 16.4. The Hall–Kier alpha value is -1.14. The average Bonchev–Trinajstić information content (AvgIpc) is 2.45. The van der Waals surface area contributed by atoms with Crippen LogP contribution in [0.5, 0.6) is 0 Å². The fourth-order valence-corrected chi connectivity index (χ4v) is 6.04. The van der Waals surface area contributed by atoms with E-state index in [-0.39, 0.29) is 13.2 Å². The second kappa shape index (κ2) is 6.54. The van der Waals surface area contributed by atoms with Gasteiger partial charge in [-0.3, -0.25) is 8.87 Å². The van der Waals surface area contributed by atoms with Crippen LogP contribution in [-0.4, -0.2) is 32.2 Å². The van der Waals surface area contributed by atoms with Gasteiger partial charge in [-0.1, -0.05) is 24.3 Å². The summed E-state index contributed by atoms with van der Waals surface area (Å²) < 4.78 is 49.2. The maximum absolute atomic E-state index is 13.2. The molecule has 1 aliphatic heterocycles. The molecule has 1 aliphatic rings. The van der Waals surface area contributed by atoms with E-state index in [4.69, 9.17) is 9.05 Å². The van der Waals surface area contributed by atoms with Gasteiger partial charge in [0.15, 0.2) is 5.78 Å². The third-order valence-corrected chi connectivity index (χ3v) is 6.83. The highest BCUT2D eigenvalue weighted by Crippen LogP contribution is 2.64. The largest absolute Gasteiger partial charge is 0.358 e. The quantitative estimate of drug-likeness (QED) is 0.740. The molecule has 1 atom stereocenters. The average molecular weight is 345 g/mol. The van der Waals surface area contributed by atoms with E-state index in [0.29, 0.717) is 5.56 Å². The maximum atomic E-state index is 13.2. The summed E-state index contributed by atoms with van der Waals surface area (Å²) in [6.45, 7) is 3.72. The molecule has 1 heterocycles. The monoisotopic (exact) mass is 345 g/mol. The number of sulfonamides is 1. The van der Waals surface area contributed by atoms with Crippen molar-refractivity contribution in [1.82, 2.24) is 4.31 Å². The Morgan fingerprint density at radius 1 is 1.18 bits per heavy atom. The van der Waals surface area contributed by atoms with E-state index < -0.39 is 23.4 Å². The second-order valence-electron chi connectivity index (χ2n) is 4.79. The number of nitrogens with zero attached hydrogens (tertiary/aromatic N) is 1. The minimum atomic E-state index is -3.68. The van der Waals surface area contributed by atoms with Gasteiger partial charge >= 0.3 is 7.60 Å². The molecule has 0 spiro atoms. The molecule has 0 fully saturated rings. The fourth-order valence-electron chi connectivity index (χ4n) is 2.41. The number of benzene rings is 1. The van der Waals surface area contributed by atoms with Crippen LogP contribution in [0.25, 0.3) is 6.08 Å². The summed E-state index contributed by atoms with van der Waals surface area (Å²) in [5.74, 6) is -1.01. The molecule has 2 rings (SSSR count). The zero-order valence-electron chi connectivity index (χ0n) is 12.8. The smallest absolute Gasteiger partial charge is 0.307 e. The summed E-state index contributed by atoms with van der Waals surface area (Å²) >= 11 is 0. The normalized spacial score (nSPS) is 18.3. The lowest BCUT2D eigenvalue weighted by atomic mass is 10.1. The zero-order valence-corrected chi connectivity index (χ0v) is 14.5. The SMILES string of the molecule is CCOP(=O)(OCC)C1c2ccccc2C=CN1S(C)(=O)=O. The first-order valence-corrected chi connectivity index (χ1v) is 10.4. The van der Waals surface area contributed by atoms with Gasteiger partial charge in [-0.25, -0.2) is 8.42 Å². The van der Waals surface area contributed by atoms with Crippen molar-refractivity contribution in [3.8, 4) is 0 Å². The second-order valence-corrected chi connectivity index (χ2v) is 8.76. The first kappa shape index (κ1) is 17.2. The van der Waals surface area contributed by atoms with Crippen LogP contribution in [0.4, 0.5) is 0 Å². The van der Waals surface area contributed by atoms with E-state index in [0.717, 1.165) is 16.1 Å². The summed E-state index contributed by atoms with van der Waals surface area (Å²) in [6, 6.07) is 7.18. The summed E-state index contributed by atoms with van der Waals surface area (Å²) in [4.78, 5) is 0. The van der Waals surface area contributed by atoms with Crippen LogP contribution in [0, 0.1) is 0 Å². The van der Waals surface area contributed by atoms with Gasteiger partial charge in [0.05, 0.1) is 19.5 Å². The van der Waals surface area contributed by atoms with Crippen LogP contribution >= 0.6 is 7.60 Å². The van der Waals surface area contributed by atoms with E-state index in [9.17, 15) is 13.0 Å². The fraction of sp³-hybridized carbons (Fsp3) is 0.429. The van der Waals surface area contributed by atoms with E-state index in [1.54, 1.807) is 32.1 Å². The maximum Gasteiger partial charge on any atom is 0.358 e. The first-order valence-electron chi connectivity index (χ1n) is 6.98. The Morgan fingerprint density at radius 2 is 1.77 bits per heavy atom. The van der Waals surface area contributed by atoms with Crippen LogP contribution in [-0.2, 0) is 23.6 Å². The molecule has 8 heteroatoms. The molecule has 0 saturated carbocycles. The van der Waals surface area contributed by atoms with Gasteiger partial charge in [0, 0.05) is 6.20 Å². The Balaban J connectivity index is 2.64. The molecule has 0 saturated heterocycles. The molecule has 0 aliphatic carbocycles. The molecule has 0 radical (unpaired) electrons.